The summed E-state index contributed by atoms with van der Waals surface area (Å²) in [7, 11) is 0. The van der Waals surface area contributed by atoms with Gasteiger partial charge in [0.05, 0.1) is 13.1 Å². The van der Waals surface area contributed by atoms with Gasteiger partial charge >= 0.3 is 0 Å². The zero-order valence-electron chi connectivity index (χ0n) is 10.1. The first-order chi connectivity index (χ1) is 7.78. The molecule has 2 bridgehead atoms. The predicted molar refractivity (Wildman–Crippen MR) is 65.4 cm³/mol. The van der Waals surface area contributed by atoms with Crippen molar-refractivity contribution in [2.45, 2.75) is 32.0 Å². The summed E-state index contributed by atoms with van der Waals surface area (Å²) in [6, 6.07) is 10.6. The van der Waals surface area contributed by atoms with Gasteiger partial charge in [0.15, 0.2) is 6.23 Å². The first kappa shape index (κ1) is 12.6. The first-order valence-electron chi connectivity index (χ1n) is 6.36. The Kier molecular flexibility index (Phi) is 3.52. The highest BCUT2D eigenvalue weighted by Gasteiger charge is 2.46. The van der Waals surface area contributed by atoms with E-state index in [9.17, 15) is 5.11 Å². The fourth-order valence-corrected chi connectivity index (χ4v) is 3.40. The van der Waals surface area contributed by atoms with Crippen LogP contribution in [0.2, 0.25) is 0 Å². The maximum atomic E-state index is 10.3. The second-order valence-electron chi connectivity index (χ2n) is 5.47. The van der Waals surface area contributed by atoms with Crippen molar-refractivity contribution < 1.29 is 15.1 Å². The van der Waals surface area contributed by atoms with E-state index in [2.05, 4.69) is 30.3 Å². The lowest BCUT2D eigenvalue weighted by Gasteiger charge is -2.52. The van der Waals surface area contributed by atoms with Gasteiger partial charge in [-0.05, 0) is 5.92 Å². The quantitative estimate of drug-likeness (QED) is 0.797. The van der Waals surface area contributed by atoms with Gasteiger partial charge in [0.25, 0.3) is 0 Å². The standard InChI is InChI=1S/C14H20NO.H2O/c16-14-10-12-6-8-15(14,9-7-12)11-13-4-2-1-3-5-13;/h1-5,12,14,16H,6-11H2;1H2/q+1;/p-1. The number of hydrogen-bond donors (Lipinski definition) is 1. The maximum Gasteiger partial charge on any atom is 0.191 e. The third kappa shape index (κ3) is 2.23. The zero-order valence-corrected chi connectivity index (χ0v) is 10.1. The number of benzene rings is 1. The molecule has 94 valence electrons. The van der Waals surface area contributed by atoms with E-state index in [1.54, 1.807) is 0 Å². The molecule has 0 saturated carbocycles. The average molecular weight is 235 g/mol. The predicted octanol–water partition coefficient (Wildman–Crippen LogP) is 1.96. The Balaban J connectivity index is 0.00000108. The molecule has 4 rings (SSSR count). The van der Waals surface area contributed by atoms with Crippen LogP contribution in [0.25, 0.3) is 0 Å². The number of aliphatic hydroxyl groups excluding tert-OH is 1. The van der Waals surface area contributed by atoms with Crippen LogP contribution >= 0.6 is 0 Å². The Morgan fingerprint density at radius 1 is 1.12 bits per heavy atom. The second-order valence-corrected chi connectivity index (χ2v) is 5.47. The van der Waals surface area contributed by atoms with Gasteiger partial charge in [0.2, 0.25) is 0 Å². The molecule has 3 fully saturated rings. The topological polar surface area (TPSA) is 50.2 Å². The van der Waals surface area contributed by atoms with E-state index in [0.717, 1.165) is 23.4 Å². The lowest BCUT2D eigenvalue weighted by atomic mass is 9.84. The van der Waals surface area contributed by atoms with Crippen LogP contribution < -0.4 is 0 Å². The minimum Gasteiger partial charge on any atom is -0.870 e. The highest BCUT2D eigenvalue weighted by molar-refractivity contribution is 5.13. The van der Waals surface area contributed by atoms with E-state index in [1.165, 1.54) is 31.5 Å². The summed E-state index contributed by atoms with van der Waals surface area (Å²) in [5.41, 5.74) is 1.36. The third-order valence-corrected chi connectivity index (χ3v) is 4.48. The van der Waals surface area contributed by atoms with Gasteiger partial charge in [-0.3, -0.25) is 4.48 Å². The SMILES string of the molecule is OC1CC2CC[N+]1(Cc1ccccc1)CC2.[OH-]. The molecule has 3 heterocycles. The molecule has 0 aromatic heterocycles. The Morgan fingerprint density at radius 3 is 2.35 bits per heavy atom. The number of quaternary nitrogens is 1. The smallest absolute Gasteiger partial charge is 0.191 e. The molecule has 17 heavy (non-hydrogen) atoms. The molecule has 3 aliphatic rings. The van der Waals surface area contributed by atoms with Gasteiger partial charge in [-0.2, -0.15) is 0 Å². The van der Waals surface area contributed by atoms with E-state index in [-0.39, 0.29) is 11.7 Å². The fourth-order valence-electron chi connectivity index (χ4n) is 3.40. The molecule has 0 amide bonds. The minimum absolute atomic E-state index is 0. The van der Waals surface area contributed by atoms with Gasteiger partial charge in [-0.15, -0.1) is 0 Å². The largest absolute Gasteiger partial charge is 0.870 e. The first-order valence-corrected chi connectivity index (χ1v) is 6.36. The molecule has 3 aliphatic heterocycles. The molecular weight excluding hydrogens is 214 g/mol. The molecule has 1 aromatic rings. The summed E-state index contributed by atoms with van der Waals surface area (Å²) in [6.07, 6.45) is 3.52. The molecule has 2 N–H and O–H groups in total. The number of piperidine rings is 3. The summed E-state index contributed by atoms with van der Waals surface area (Å²) in [4.78, 5) is 0. The van der Waals surface area contributed by atoms with Crippen LogP contribution in [-0.2, 0) is 6.54 Å². The highest BCUT2D eigenvalue weighted by Crippen LogP contribution is 2.38. The lowest BCUT2D eigenvalue weighted by molar-refractivity contribution is -0.997. The van der Waals surface area contributed by atoms with Crippen LogP contribution in [0.15, 0.2) is 30.3 Å². The van der Waals surface area contributed by atoms with Crippen LogP contribution in [0.4, 0.5) is 0 Å². The molecule has 0 radical (unpaired) electrons. The molecule has 0 spiro atoms. The van der Waals surface area contributed by atoms with Gasteiger partial charge in [0, 0.05) is 24.8 Å². The number of aliphatic hydroxyl groups is 1. The van der Waals surface area contributed by atoms with Crippen molar-refractivity contribution in [1.29, 1.82) is 0 Å². The maximum absolute atomic E-state index is 10.3. The monoisotopic (exact) mass is 235 g/mol. The summed E-state index contributed by atoms with van der Waals surface area (Å²) in [5, 5.41) is 10.3. The van der Waals surface area contributed by atoms with Gasteiger partial charge in [-0.25, -0.2) is 0 Å². The van der Waals surface area contributed by atoms with Crippen molar-refractivity contribution in [2.75, 3.05) is 13.1 Å². The summed E-state index contributed by atoms with van der Waals surface area (Å²) < 4.78 is 0.917. The van der Waals surface area contributed by atoms with Gasteiger partial charge < -0.3 is 10.6 Å². The van der Waals surface area contributed by atoms with Crippen molar-refractivity contribution in [3.05, 3.63) is 35.9 Å². The van der Waals surface area contributed by atoms with Crippen molar-refractivity contribution >= 4 is 0 Å². The Labute approximate surface area is 103 Å². The molecular formula is C14H21NO2. The van der Waals surface area contributed by atoms with Crippen LogP contribution in [0.3, 0.4) is 0 Å². The fraction of sp³-hybridized carbons (Fsp3) is 0.571. The molecule has 3 nitrogen and oxygen atoms in total. The Bertz CT molecular complexity index is 358. The molecule has 1 atom stereocenters. The van der Waals surface area contributed by atoms with Crippen molar-refractivity contribution in [1.82, 2.24) is 0 Å². The molecule has 1 aromatic carbocycles. The Hall–Kier alpha value is -0.900. The lowest BCUT2D eigenvalue weighted by Crippen LogP contribution is -2.63. The van der Waals surface area contributed by atoms with Crippen LogP contribution in [0.5, 0.6) is 0 Å². The number of nitrogens with zero attached hydrogens (tertiary/aromatic N) is 1. The number of hydrogen-bond acceptors (Lipinski definition) is 2. The van der Waals surface area contributed by atoms with Crippen LogP contribution in [0.1, 0.15) is 24.8 Å². The zero-order chi connectivity index (χ0) is 11.0. The molecule has 3 saturated heterocycles. The molecule has 3 heteroatoms. The van der Waals surface area contributed by atoms with E-state index in [1.807, 2.05) is 0 Å². The number of rotatable bonds is 2. The third-order valence-electron chi connectivity index (χ3n) is 4.48. The van der Waals surface area contributed by atoms with Gasteiger partial charge in [0.1, 0.15) is 6.54 Å². The second kappa shape index (κ2) is 4.77. The van der Waals surface area contributed by atoms with Crippen LogP contribution in [-0.4, -0.2) is 34.4 Å². The average Bonchev–Trinajstić information content (AvgIpc) is 2.32. The van der Waals surface area contributed by atoms with Gasteiger partial charge in [-0.1, -0.05) is 30.3 Å². The van der Waals surface area contributed by atoms with Crippen LogP contribution in [0, 0.1) is 5.92 Å². The Morgan fingerprint density at radius 2 is 1.76 bits per heavy atom. The molecule has 1 unspecified atom stereocenters. The summed E-state index contributed by atoms with van der Waals surface area (Å²) in [5.74, 6) is 0.797. The van der Waals surface area contributed by atoms with Crippen molar-refractivity contribution in [2.24, 2.45) is 5.92 Å². The van der Waals surface area contributed by atoms with Crippen molar-refractivity contribution in [3.63, 3.8) is 0 Å². The number of fused-ring (bicyclic) bond motifs is 3. The minimum atomic E-state index is -0.118. The highest BCUT2D eigenvalue weighted by atomic mass is 16.3. The normalized spacial score (nSPS) is 35.4. The van der Waals surface area contributed by atoms with E-state index < -0.39 is 0 Å². The van der Waals surface area contributed by atoms with E-state index >= 15 is 0 Å². The van der Waals surface area contributed by atoms with Crippen molar-refractivity contribution in [3.8, 4) is 0 Å². The molecule has 0 aliphatic carbocycles. The summed E-state index contributed by atoms with van der Waals surface area (Å²) >= 11 is 0. The van der Waals surface area contributed by atoms with E-state index in [4.69, 9.17) is 0 Å². The summed E-state index contributed by atoms with van der Waals surface area (Å²) in [6.45, 7) is 3.34. The van der Waals surface area contributed by atoms with E-state index in [0.29, 0.717) is 0 Å².